The topological polar surface area (TPSA) is 59.2 Å². The molecule has 0 aliphatic carbocycles. The van der Waals surface area contributed by atoms with Crippen LogP contribution in [0.1, 0.15) is 11.1 Å². The fraction of sp³-hybridized carbons (Fsp3) is 0.250. The first-order chi connectivity index (χ1) is 10.1. The lowest BCUT2D eigenvalue weighted by atomic mass is 10.1. The summed E-state index contributed by atoms with van der Waals surface area (Å²) in [6.45, 7) is 2.68. The van der Waals surface area contributed by atoms with Gasteiger partial charge < -0.3 is 10.6 Å². The normalized spacial score (nSPS) is 10.4. The van der Waals surface area contributed by atoms with Crippen LogP contribution in [0.25, 0.3) is 0 Å². The van der Waals surface area contributed by atoms with Gasteiger partial charge in [-0.3, -0.25) is 4.79 Å². The van der Waals surface area contributed by atoms with Crippen LogP contribution in [-0.2, 0) is 11.3 Å². The highest BCUT2D eigenvalue weighted by Gasteiger charge is 2.11. The number of nitrogens with zero attached hydrogens (tertiary/aromatic N) is 2. The van der Waals surface area contributed by atoms with Crippen molar-refractivity contribution in [2.45, 2.75) is 18.5 Å². The summed E-state index contributed by atoms with van der Waals surface area (Å²) in [6, 6.07) is 11.7. The Bertz CT molecular complexity index is 613. The lowest BCUT2D eigenvalue weighted by Crippen LogP contribution is -2.28. The molecule has 0 spiro atoms. The Kier molecular flexibility index (Phi) is 5.22. The van der Waals surface area contributed by atoms with Crippen molar-refractivity contribution in [3.8, 4) is 0 Å². The van der Waals surface area contributed by atoms with E-state index in [1.54, 1.807) is 17.2 Å². The fourth-order valence-corrected chi connectivity index (χ4v) is 2.64. The van der Waals surface area contributed by atoms with Crippen LogP contribution in [0, 0.1) is 6.92 Å². The Labute approximate surface area is 129 Å². The molecule has 2 aromatic rings. The summed E-state index contributed by atoms with van der Waals surface area (Å²) in [4.78, 5) is 18.1. The van der Waals surface area contributed by atoms with Crippen LogP contribution in [0.15, 0.2) is 47.6 Å². The van der Waals surface area contributed by atoms with Gasteiger partial charge in [0.25, 0.3) is 0 Å². The van der Waals surface area contributed by atoms with Crippen LogP contribution in [0.2, 0.25) is 0 Å². The van der Waals surface area contributed by atoms with Crippen molar-refractivity contribution in [1.82, 2.24) is 9.88 Å². The second-order valence-electron chi connectivity index (χ2n) is 4.89. The van der Waals surface area contributed by atoms with E-state index < -0.39 is 0 Å². The minimum Gasteiger partial charge on any atom is -0.397 e. The fourth-order valence-electron chi connectivity index (χ4n) is 1.85. The van der Waals surface area contributed by atoms with Crippen LogP contribution < -0.4 is 5.73 Å². The number of nitrogen functional groups attached to an aromatic ring is 1. The first-order valence-corrected chi connectivity index (χ1v) is 7.67. The van der Waals surface area contributed by atoms with E-state index >= 15 is 0 Å². The van der Waals surface area contributed by atoms with Gasteiger partial charge in [-0.05, 0) is 30.2 Å². The zero-order valence-corrected chi connectivity index (χ0v) is 13.1. The largest absolute Gasteiger partial charge is 0.397 e. The molecule has 0 saturated heterocycles. The molecule has 0 saturated carbocycles. The molecule has 110 valence electrons. The Hall–Kier alpha value is -2.01. The number of thioether (sulfide) groups is 1. The van der Waals surface area contributed by atoms with Crippen molar-refractivity contribution >= 4 is 23.4 Å². The van der Waals surface area contributed by atoms with Gasteiger partial charge in [-0.15, -0.1) is 0 Å². The molecule has 0 aliphatic rings. The van der Waals surface area contributed by atoms with Crippen LogP contribution in [-0.4, -0.2) is 28.6 Å². The average molecular weight is 301 g/mol. The van der Waals surface area contributed by atoms with Gasteiger partial charge in [0.2, 0.25) is 5.91 Å². The highest BCUT2D eigenvalue weighted by molar-refractivity contribution is 7.99. The lowest BCUT2D eigenvalue weighted by molar-refractivity contribution is -0.127. The minimum absolute atomic E-state index is 0.0851. The maximum Gasteiger partial charge on any atom is 0.233 e. The van der Waals surface area contributed by atoms with Crippen LogP contribution >= 0.6 is 11.8 Å². The van der Waals surface area contributed by atoms with Gasteiger partial charge in [0.1, 0.15) is 0 Å². The maximum absolute atomic E-state index is 12.2. The number of aromatic nitrogens is 1. The van der Waals surface area contributed by atoms with Gasteiger partial charge in [-0.2, -0.15) is 0 Å². The monoisotopic (exact) mass is 301 g/mol. The Balaban J connectivity index is 1.88. The summed E-state index contributed by atoms with van der Waals surface area (Å²) in [5, 5.41) is 0.807. The molecule has 4 nitrogen and oxygen atoms in total. The molecule has 1 heterocycles. The molecule has 0 atom stereocenters. The van der Waals surface area contributed by atoms with Crippen LogP contribution in [0.3, 0.4) is 0 Å². The number of carbonyl (C=O) groups excluding carboxylic acids is 1. The van der Waals surface area contributed by atoms with E-state index in [1.807, 2.05) is 31.3 Å². The zero-order valence-electron chi connectivity index (χ0n) is 12.2. The van der Waals surface area contributed by atoms with Gasteiger partial charge in [0.05, 0.1) is 22.7 Å². The number of hydrogen-bond donors (Lipinski definition) is 1. The summed E-state index contributed by atoms with van der Waals surface area (Å²) >= 11 is 1.42. The van der Waals surface area contributed by atoms with E-state index in [1.165, 1.54) is 22.9 Å². The molecule has 0 radical (unpaired) electrons. The van der Waals surface area contributed by atoms with E-state index in [4.69, 9.17) is 5.73 Å². The molecule has 1 aromatic carbocycles. The van der Waals surface area contributed by atoms with Gasteiger partial charge in [-0.1, -0.05) is 36.0 Å². The predicted octanol–water partition coefficient (Wildman–Crippen LogP) is 2.72. The van der Waals surface area contributed by atoms with E-state index in [0.29, 0.717) is 18.0 Å². The number of aryl methyl sites for hydroxylation is 1. The van der Waals surface area contributed by atoms with Crippen molar-refractivity contribution < 1.29 is 4.79 Å². The van der Waals surface area contributed by atoms with Crippen molar-refractivity contribution in [1.29, 1.82) is 0 Å². The summed E-state index contributed by atoms with van der Waals surface area (Å²) in [5.41, 5.74) is 8.58. The third kappa shape index (κ3) is 4.49. The lowest BCUT2D eigenvalue weighted by Gasteiger charge is -2.18. The van der Waals surface area contributed by atoms with E-state index in [0.717, 1.165) is 5.03 Å². The second-order valence-corrected chi connectivity index (χ2v) is 5.89. The van der Waals surface area contributed by atoms with Gasteiger partial charge >= 0.3 is 0 Å². The number of nitrogens with two attached hydrogens (primary N) is 1. The summed E-state index contributed by atoms with van der Waals surface area (Å²) in [5.74, 6) is 0.459. The summed E-state index contributed by atoms with van der Waals surface area (Å²) < 4.78 is 0. The van der Waals surface area contributed by atoms with Crippen molar-refractivity contribution in [2.24, 2.45) is 0 Å². The molecular weight excluding hydrogens is 282 g/mol. The third-order valence-corrected chi connectivity index (χ3v) is 4.13. The first kappa shape index (κ1) is 15.4. The first-order valence-electron chi connectivity index (χ1n) is 6.69. The van der Waals surface area contributed by atoms with Gasteiger partial charge in [-0.25, -0.2) is 4.98 Å². The van der Waals surface area contributed by atoms with E-state index in [9.17, 15) is 4.79 Å². The number of rotatable bonds is 5. The summed E-state index contributed by atoms with van der Waals surface area (Å²) in [6.07, 6.45) is 1.60. The van der Waals surface area contributed by atoms with Crippen molar-refractivity contribution in [3.05, 3.63) is 53.7 Å². The SMILES string of the molecule is Cc1ccccc1CN(C)C(=O)CSc1ccc(N)cn1. The Morgan fingerprint density at radius 3 is 2.71 bits per heavy atom. The highest BCUT2D eigenvalue weighted by atomic mass is 32.2. The summed E-state index contributed by atoms with van der Waals surface area (Å²) in [7, 11) is 1.83. The molecule has 0 fully saturated rings. The molecule has 5 heteroatoms. The van der Waals surface area contributed by atoms with E-state index in [-0.39, 0.29) is 5.91 Å². The number of hydrogen-bond acceptors (Lipinski definition) is 4. The molecule has 2 rings (SSSR count). The Morgan fingerprint density at radius 1 is 1.29 bits per heavy atom. The minimum atomic E-state index is 0.0851. The molecule has 0 aliphatic heterocycles. The van der Waals surface area contributed by atoms with E-state index in [2.05, 4.69) is 18.0 Å². The quantitative estimate of drug-likeness (QED) is 0.863. The highest BCUT2D eigenvalue weighted by Crippen LogP contribution is 2.17. The Morgan fingerprint density at radius 2 is 2.05 bits per heavy atom. The molecule has 1 aromatic heterocycles. The molecule has 0 unspecified atom stereocenters. The standard InChI is InChI=1S/C16H19N3OS/c1-12-5-3-4-6-13(12)10-19(2)16(20)11-21-15-8-7-14(17)9-18-15/h3-9H,10-11,17H2,1-2H3. The molecule has 0 bridgehead atoms. The third-order valence-electron chi connectivity index (χ3n) is 3.20. The number of pyridine rings is 1. The molecule has 2 N–H and O–H groups in total. The van der Waals surface area contributed by atoms with Crippen LogP contribution in [0.4, 0.5) is 5.69 Å². The van der Waals surface area contributed by atoms with Gasteiger partial charge in [0.15, 0.2) is 0 Å². The average Bonchev–Trinajstić information content (AvgIpc) is 2.48. The molecule has 1 amide bonds. The predicted molar refractivity (Wildman–Crippen MR) is 87.0 cm³/mol. The van der Waals surface area contributed by atoms with Gasteiger partial charge in [0, 0.05) is 13.6 Å². The van der Waals surface area contributed by atoms with Crippen LogP contribution in [0.5, 0.6) is 0 Å². The number of carbonyl (C=O) groups is 1. The molecule has 21 heavy (non-hydrogen) atoms. The number of anilines is 1. The molecular formula is C16H19N3OS. The van der Waals surface area contributed by atoms with Crippen molar-refractivity contribution in [3.63, 3.8) is 0 Å². The second kappa shape index (κ2) is 7.13. The maximum atomic E-state index is 12.2. The number of benzene rings is 1. The smallest absolute Gasteiger partial charge is 0.233 e. The zero-order chi connectivity index (χ0) is 15.2. The van der Waals surface area contributed by atoms with Crippen molar-refractivity contribution in [2.75, 3.05) is 18.5 Å². The number of amides is 1.